The Morgan fingerprint density at radius 2 is 1.41 bits per heavy atom. The zero-order valence-electron chi connectivity index (χ0n) is 21.1. The molecule has 6 nitrogen and oxygen atoms in total. The number of amides is 2. The molecule has 0 N–H and O–H groups in total. The maximum atomic E-state index is 13.8. The molecule has 1 aliphatic rings. The van der Waals surface area contributed by atoms with E-state index in [4.69, 9.17) is 21.7 Å². The third kappa shape index (κ3) is 5.45. The molecule has 0 atom stereocenters. The molecule has 3 aromatic rings. The average molecular weight is 580 g/mol. The number of hydrogen-bond acceptors (Lipinski definition) is 5. The van der Waals surface area contributed by atoms with Gasteiger partial charge in [-0.25, -0.2) is 0 Å². The van der Waals surface area contributed by atoms with Crippen LogP contribution in [0.3, 0.4) is 0 Å². The van der Waals surface area contributed by atoms with Gasteiger partial charge in [0, 0.05) is 0 Å². The Morgan fingerprint density at radius 1 is 0.892 bits per heavy atom. The molecule has 1 saturated heterocycles. The molecule has 0 aliphatic carbocycles. The van der Waals surface area contributed by atoms with E-state index >= 15 is 0 Å². The molecule has 190 valence electrons. The Balaban J connectivity index is 1.85. The molecule has 0 spiro atoms. The van der Waals surface area contributed by atoms with Crippen LogP contribution in [0.2, 0.25) is 0 Å². The lowest BCUT2D eigenvalue weighted by Crippen LogP contribution is -2.56. The quantitative estimate of drug-likeness (QED) is 0.179. The Kier molecular flexibility index (Phi) is 8.10. The topological polar surface area (TPSA) is 59.1 Å². The second-order valence-corrected chi connectivity index (χ2v) is 9.89. The van der Waals surface area contributed by atoms with Gasteiger partial charge in [-0.3, -0.25) is 19.4 Å². The normalized spacial score (nSPS) is 13.8. The lowest BCUT2D eigenvalue weighted by Gasteiger charge is -2.36. The second-order valence-electron chi connectivity index (χ2n) is 8.68. The van der Waals surface area contributed by atoms with Gasteiger partial charge in [0.1, 0.15) is 5.57 Å². The van der Waals surface area contributed by atoms with Gasteiger partial charge >= 0.3 is 0 Å². The van der Waals surface area contributed by atoms with Crippen molar-refractivity contribution >= 4 is 62.5 Å². The number of carbonyl (C=O) groups is 2. The van der Waals surface area contributed by atoms with Crippen LogP contribution in [0.4, 0.5) is 11.4 Å². The number of carbonyl (C=O) groups excluding carboxylic acids is 2. The summed E-state index contributed by atoms with van der Waals surface area (Å²) in [4.78, 5) is 30.3. The molecular weight excluding hydrogens is 552 g/mol. The minimum atomic E-state index is -0.497. The van der Waals surface area contributed by atoms with Crippen molar-refractivity contribution in [3.05, 3.63) is 87.4 Å². The Hall–Kier alpha value is -3.49. The van der Waals surface area contributed by atoms with E-state index < -0.39 is 11.8 Å². The summed E-state index contributed by atoms with van der Waals surface area (Å²) in [6.45, 7) is 6.48. The van der Waals surface area contributed by atoms with Crippen LogP contribution < -0.4 is 19.3 Å². The Morgan fingerprint density at radius 3 is 1.86 bits per heavy atom. The molecule has 1 fully saturated rings. The SMILES string of the molecule is CCCOc1c(Br)cc(C=C2C(=O)N(c3ccc(C)cc3)C(=S)N(c3ccc(C)cc3)C2=O)cc1OC. The van der Waals surface area contributed by atoms with E-state index in [2.05, 4.69) is 15.9 Å². The van der Waals surface area contributed by atoms with Gasteiger partial charge in [-0.15, -0.1) is 0 Å². The number of methoxy groups -OCH3 is 1. The van der Waals surface area contributed by atoms with E-state index in [0.29, 0.717) is 39.5 Å². The molecule has 0 radical (unpaired) electrons. The summed E-state index contributed by atoms with van der Waals surface area (Å²) >= 11 is 9.25. The number of aryl methyl sites for hydroxylation is 2. The van der Waals surface area contributed by atoms with Crippen molar-refractivity contribution in [3.63, 3.8) is 0 Å². The number of ether oxygens (including phenoxy) is 2. The highest BCUT2D eigenvalue weighted by atomic mass is 79.9. The van der Waals surface area contributed by atoms with Crippen LogP contribution in [-0.4, -0.2) is 30.6 Å². The first-order valence-electron chi connectivity index (χ1n) is 11.8. The Bertz CT molecular complexity index is 1310. The van der Waals surface area contributed by atoms with Gasteiger partial charge in [-0.2, -0.15) is 0 Å². The predicted octanol–water partition coefficient (Wildman–Crippen LogP) is 6.61. The molecule has 0 unspecified atom stereocenters. The first kappa shape index (κ1) is 26.6. The number of rotatable bonds is 7. The molecule has 0 aromatic heterocycles. The van der Waals surface area contributed by atoms with Gasteiger partial charge in [0.2, 0.25) is 0 Å². The monoisotopic (exact) mass is 578 g/mol. The minimum absolute atomic E-state index is 0.0223. The van der Waals surface area contributed by atoms with Crippen LogP contribution in [0.25, 0.3) is 6.08 Å². The van der Waals surface area contributed by atoms with Crippen molar-refractivity contribution in [1.29, 1.82) is 0 Å². The third-order valence-corrected chi connectivity index (χ3v) is 6.80. The summed E-state index contributed by atoms with van der Waals surface area (Å²) in [6.07, 6.45) is 2.40. The molecule has 37 heavy (non-hydrogen) atoms. The average Bonchev–Trinajstić information content (AvgIpc) is 2.88. The van der Waals surface area contributed by atoms with E-state index in [9.17, 15) is 9.59 Å². The number of hydrogen-bond donors (Lipinski definition) is 0. The van der Waals surface area contributed by atoms with Gasteiger partial charge in [-0.05, 0) is 96.5 Å². The van der Waals surface area contributed by atoms with E-state index in [-0.39, 0.29) is 10.7 Å². The summed E-state index contributed by atoms with van der Waals surface area (Å²) in [6, 6.07) is 18.4. The fourth-order valence-corrected chi connectivity index (χ4v) is 4.86. The van der Waals surface area contributed by atoms with Crippen molar-refractivity contribution in [2.75, 3.05) is 23.5 Å². The van der Waals surface area contributed by atoms with Crippen LogP contribution in [-0.2, 0) is 9.59 Å². The third-order valence-electron chi connectivity index (χ3n) is 5.85. The van der Waals surface area contributed by atoms with Crippen LogP contribution in [0.15, 0.2) is 70.7 Å². The van der Waals surface area contributed by atoms with Crippen LogP contribution in [0.1, 0.15) is 30.0 Å². The largest absolute Gasteiger partial charge is 0.493 e. The zero-order valence-corrected chi connectivity index (χ0v) is 23.5. The lowest BCUT2D eigenvalue weighted by molar-refractivity contribution is -0.120. The van der Waals surface area contributed by atoms with E-state index in [1.165, 1.54) is 9.80 Å². The molecule has 4 rings (SSSR count). The molecule has 2 amide bonds. The molecule has 0 saturated carbocycles. The Labute approximate surface area is 230 Å². The van der Waals surface area contributed by atoms with Gasteiger partial charge in [0.05, 0.1) is 29.6 Å². The standard InChI is InChI=1S/C29H27BrN2O4S/c1-5-14-36-26-24(30)16-20(17-25(26)35-4)15-23-27(33)31(21-10-6-18(2)7-11-21)29(37)32(28(23)34)22-12-8-19(3)9-13-22/h6-13,15-17H,5,14H2,1-4H3. The van der Waals surface area contributed by atoms with Crippen molar-refractivity contribution in [2.24, 2.45) is 0 Å². The number of nitrogens with zero attached hydrogens (tertiary/aromatic N) is 2. The zero-order chi connectivity index (χ0) is 26.7. The summed E-state index contributed by atoms with van der Waals surface area (Å²) in [5.74, 6) is 0.0652. The first-order valence-corrected chi connectivity index (χ1v) is 13.0. The van der Waals surface area contributed by atoms with E-state index in [1.54, 1.807) is 25.3 Å². The highest BCUT2D eigenvalue weighted by molar-refractivity contribution is 9.10. The maximum Gasteiger partial charge on any atom is 0.270 e. The lowest BCUT2D eigenvalue weighted by atomic mass is 10.0. The number of benzene rings is 3. The molecule has 8 heteroatoms. The van der Waals surface area contributed by atoms with Crippen molar-refractivity contribution in [3.8, 4) is 11.5 Å². The fourth-order valence-electron chi connectivity index (χ4n) is 3.91. The van der Waals surface area contributed by atoms with Crippen molar-refractivity contribution < 1.29 is 19.1 Å². The summed E-state index contributed by atoms with van der Waals surface area (Å²) in [7, 11) is 1.55. The smallest absolute Gasteiger partial charge is 0.270 e. The predicted molar refractivity (Wildman–Crippen MR) is 154 cm³/mol. The molecule has 3 aromatic carbocycles. The number of halogens is 1. The highest BCUT2D eigenvalue weighted by Crippen LogP contribution is 2.38. The number of thiocarbonyl (C=S) groups is 1. The number of anilines is 2. The van der Waals surface area contributed by atoms with Gasteiger partial charge in [-0.1, -0.05) is 42.3 Å². The van der Waals surface area contributed by atoms with Crippen molar-refractivity contribution in [1.82, 2.24) is 0 Å². The second kappa shape index (κ2) is 11.3. The van der Waals surface area contributed by atoms with Crippen molar-refractivity contribution in [2.45, 2.75) is 27.2 Å². The van der Waals surface area contributed by atoms with E-state index in [0.717, 1.165) is 17.5 Å². The van der Waals surface area contributed by atoms with Crippen LogP contribution in [0.5, 0.6) is 11.5 Å². The van der Waals surface area contributed by atoms with E-state index in [1.807, 2.05) is 69.3 Å². The summed E-state index contributed by atoms with van der Waals surface area (Å²) < 4.78 is 12.0. The van der Waals surface area contributed by atoms with Gasteiger partial charge in [0.15, 0.2) is 16.6 Å². The van der Waals surface area contributed by atoms with Crippen LogP contribution in [0, 0.1) is 13.8 Å². The molecular formula is C29H27BrN2O4S. The summed E-state index contributed by atoms with van der Waals surface area (Å²) in [5.41, 5.74) is 3.83. The van der Waals surface area contributed by atoms with Gasteiger partial charge in [0.25, 0.3) is 11.8 Å². The minimum Gasteiger partial charge on any atom is -0.493 e. The molecule has 1 heterocycles. The van der Waals surface area contributed by atoms with Crippen LogP contribution >= 0.6 is 28.1 Å². The highest BCUT2D eigenvalue weighted by Gasteiger charge is 2.41. The molecule has 0 bridgehead atoms. The fraction of sp³-hybridized carbons (Fsp3) is 0.207. The summed E-state index contributed by atoms with van der Waals surface area (Å²) in [5, 5.41) is 0.0990. The molecule has 1 aliphatic heterocycles. The first-order chi connectivity index (χ1) is 17.7. The van der Waals surface area contributed by atoms with Gasteiger partial charge < -0.3 is 9.47 Å². The maximum absolute atomic E-state index is 13.8.